The van der Waals surface area contributed by atoms with E-state index < -0.39 is 14.1 Å². The van der Waals surface area contributed by atoms with Crippen LogP contribution in [0.15, 0.2) is 30.3 Å². The van der Waals surface area contributed by atoms with Gasteiger partial charge in [0.15, 0.2) is 0 Å². The summed E-state index contributed by atoms with van der Waals surface area (Å²) in [5.74, 6) is 5.59. The number of hydrogen-bond donors (Lipinski definition) is 0. The Kier molecular flexibility index (Phi) is 3.85. The summed E-state index contributed by atoms with van der Waals surface area (Å²) >= 11 is -0.398. The van der Waals surface area contributed by atoms with E-state index in [1.54, 1.807) is 0 Å². The van der Waals surface area contributed by atoms with E-state index in [2.05, 4.69) is 48.8 Å². The second kappa shape index (κ2) is 4.70. The van der Waals surface area contributed by atoms with E-state index in [0.717, 1.165) is 5.92 Å². The molecular formula is C11H17Al. The molecule has 1 aromatic carbocycles. The fourth-order valence-corrected chi connectivity index (χ4v) is 3.31. The molecule has 0 spiro atoms. The SMILES string of the molecule is CC([CH2][Al]([CH3])[CH3])c1ccccc1. The standard InChI is InChI=1S/C9H11.2CH3.Al/c1-8(2)9-6-4-3-5-7-9;;;/h3-8H,1H2,2H3;2*1H3;. The van der Waals surface area contributed by atoms with Gasteiger partial charge < -0.3 is 0 Å². The van der Waals surface area contributed by atoms with Crippen molar-refractivity contribution in [3.05, 3.63) is 35.9 Å². The molecular weight excluding hydrogens is 159 g/mol. The molecule has 0 fully saturated rings. The third-order valence-corrected chi connectivity index (χ3v) is 3.84. The van der Waals surface area contributed by atoms with E-state index in [1.807, 2.05) is 0 Å². The van der Waals surface area contributed by atoms with E-state index in [4.69, 9.17) is 0 Å². The Bertz CT molecular complexity index is 216. The predicted molar refractivity (Wildman–Crippen MR) is 57.1 cm³/mol. The first-order valence-corrected chi connectivity index (χ1v) is 7.87. The van der Waals surface area contributed by atoms with E-state index in [1.165, 1.54) is 10.8 Å². The van der Waals surface area contributed by atoms with E-state index in [0.29, 0.717) is 0 Å². The summed E-state index contributed by atoms with van der Waals surface area (Å²) in [6.07, 6.45) is 0. The summed E-state index contributed by atoms with van der Waals surface area (Å²) in [5, 5.41) is 1.42. The van der Waals surface area contributed by atoms with Gasteiger partial charge in [-0.25, -0.2) is 0 Å². The quantitative estimate of drug-likeness (QED) is 0.618. The highest BCUT2D eigenvalue weighted by Gasteiger charge is 2.09. The summed E-state index contributed by atoms with van der Waals surface area (Å²) < 4.78 is 0. The summed E-state index contributed by atoms with van der Waals surface area (Å²) in [6.45, 7) is 2.34. The van der Waals surface area contributed by atoms with Gasteiger partial charge in [-0.05, 0) is 11.5 Å². The first kappa shape index (κ1) is 9.84. The second-order valence-corrected chi connectivity index (χ2v) is 7.20. The van der Waals surface area contributed by atoms with E-state index in [9.17, 15) is 0 Å². The molecule has 0 saturated heterocycles. The fourth-order valence-electron chi connectivity index (χ4n) is 1.62. The first-order valence-electron chi connectivity index (χ1n) is 4.75. The average Bonchev–Trinajstić information content (AvgIpc) is 2.05. The van der Waals surface area contributed by atoms with Gasteiger partial charge in [0.05, 0.1) is 0 Å². The molecule has 0 radical (unpaired) electrons. The molecule has 1 rings (SSSR count). The minimum Gasteiger partial charge on any atom is -0.106 e. The zero-order valence-corrected chi connectivity index (χ0v) is 9.40. The van der Waals surface area contributed by atoms with Gasteiger partial charge in [0.1, 0.15) is 0 Å². The van der Waals surface area contributed by atoms with E-state index >= 15 is 0 Å². The van der Waals surface area contributed by atoms with Crippen molar-refractivity contribution >= 4 is 14.1 Å². The third-order valence-electron chi connectivity index (χ3n) is 2.19. The summed E-state index contributed by atoms with van der Waals surface area (Å²) in [5.41, 5.74) is 1.50. The minimum atomic E-state index is -0.398. The molecule has 0 saturated carbocycles. The van der Waals surface area contributed by atoms with Crippen molar-refractivity contribution in [1.29, 1.82) is 0 Å². The lowest BCUT2D eigenvalue weighted by atomic mass is 10.0. The monoisotopic (exact) mass is 176 g/mol. The van der Waals surface area contributed by atoms with Gasteiger partial charge in [0, 0.05) is 0 Å². The van der Waals surface area contributed by atoms with Crippen LogP contribution in [0, 0.1) is 0 Å². The second-order valence-electron chi connectivity index (χ2n) is 3.94. The Balaban J connectivity index is 2.59. The molecule has 64 valence electrons. The molecule has 1 atom stereocenters. The number of benzene rings is 1. The highest BCUT2D eigenvalue weighted by Crippen LogP contribution is 2.20. The molecule has 1 aromatic rings. The molecule has 0 N–H and O–H groups in total. The van der Waals surface area contributed by atoms with Gasteiger partial charge >= 0.3 is 0 Å². The van der Waals surface area contributed by atoms with Crippen molar-refractivity contribution in [2.45, 2.75) is 29.7 Å². The molecule has 0 amide bonds. The van der Waals surface area contributed by atoms with Gasteiger partial charge in [-0.3, -0.25) is 0 Å². The molecule has 0 aromatic heterocycles. The Morgan fingerprint density at radius 2 is 1.75 bits per heavy atom. The van der Waals surface area contributed by atoms with Crippen molar-refractivity contribution in [3.63, 3.8) is 0 Å². The lowest BCUT2D eigenvalue weighted by Crippen LogP contribution is -2.05. The van der Waals surface area contributed by atoms with Crippen LogP contribution < -0.4 is 0 Å². The maximum absolute atomic E-state index is 2.42. The fraction of sp³-hybridized carbons (Fsp3) is 0.455. The van der Waals surface area contributed by atoms with Crippen molar-refractivity contribution in [2.75, 3.05) is 0 Å². The Morgan fingerprint density at radius 1 is 1.17 bits per heavy atom. The number of hydrogen-bond acceptors (Lipinski definition) is 0. The van der Waals surface area contributed by atoms with Crippen LogP contribution in [0.5, 0.6) is 0 Å². The summed E-state index contributed by atoms with van der Waals surface area (Å²) in [6, 6.07) is 10.8. The molecule has 0 aliphatic carbocycles. The smallest absolute Gasteiger partial charge is 0.106 e. The molecule has 0 heterocycles. The van der Waals surface area contributed by atoms with Crippen LogP contribution >= 0.6 is 0 Å². The predicted octanol–water partition coefficient (Wildman–Crippen LogP) is 3.54. The minimum absolute atomic E-state index is 0.398. The van der Waals surface area contributed by atoms with Crippen molar-refractivity contribution < 1.29 is 0 Å². The van der Waals surface area contributed by atoms with Gasteiger partial charge in [-0.1, -0.05) is 42.5 Å². The Labute approximate surface area is 80.0 Å². The molecule has 0 nitrogen and oxygen atoms in total. The van der Waals surface area contributed by atoms with Crippen molar-refractivity contribution in [3.8, 4) is 0 Å². The molecule has 12 heavy (non-hydrogen) atoms. The van der Waals surface area contributed by atoms with Crippen LogP contribution in [0.1, 0.15) is 18.4 Å². The van der Waals surface area contributed by atoms with Crippen LogP contribution in [0.4, 0.5) is 0 Å². The highest BCUT2D eigenvalue weighted by atomic mass is 27.2. The maximum Gasteiger partial charge on any atom is 0.255 e. The topological polar surface area (TPSA) is 0 Å². The highest BCUT2D eigenvalue weighted by molar-refractivity contribution is 6.55. The van der Waals surface area contributed by atoms with Gasteiger partial charge in [-0.2, -0.15) is 0 Å². The van der Waals surface area contributed by atoms with Gasteiger partial charge in [0.25, 0.3) is 14.1 Å². The first-order chi connectivity index (χ1) is 5.70. The Morgan fingerprint density at radius 3 is 2.25 bits per heavy atom. The van der Waals surface area contributed by atoms with Crippen LogP contribution in [0.25, 0.3) is 0 Å². The summed E-state index contributed by atoms with van der Waals surface area (Å²) in [7, 11) is 0. The van der Waals surface area contributed by atoms with E-state index in [-0.39, 0.29) is 0 Å². The van der Waals surface area contributed by atoms with Crippen molar-refractivity contribution in [1.82, 2.24) is 0 Å². The number of rotatable bonds is 3. The maximum atomic E-state index is 2.42. The van der Waals surface area contributed by atoms with Crippen LogP contribution in [0.3, 0.4) is 0 Å². The largest absolute Gasteiger partial charge is 0.255 e. The third kappa shape index (κ3) is 3.01. The zero-order valence-electron chi connectivity index (χ0n) is 8.25. The summed E-state index contributed by atoms with van der Waals surface area (Å²) in [4.78, 5) is 0. The molecule has 0 aliphatic rings. The molecule has 1 heteroatoms. The zero-order chi connectivity index (χ0) is 8.97. The van der Waals surface area contributed by atoms with Gasteiger partial charge in [0.2, 0.25) is 0 Å². The molecule has 1 unspecified atom stereocenters. The van der Waals surface area contributed by atoms with Crippen LogP contribution in [-0.4, -0.2) is 14.1 Å². The van der Waals surface area contributed by atoms with Gasteiger partial charge in [-0.15, -0.1) is 11.6 Å². The van der Waals surface area contributed by atoms with Crippen LogP contribution in [0.2, 0.25) is 16.9 Å². The van der Waals surface area contributed by atoms with Crippen molar-refractivity contribution in [2.24, 2.45) is 0 Å². The lowest BCUT2D eigenvalue weighted by molar-refractivity contribution is 0.853. The molecule has 0 bridgehead atoms. The van der Waals surface area contributed by atoms with Crippen LogP contribution in [-0.2, 0) is 0 Å². The average molecular weight is 176 g/mol. The molecule has 0 aliphatic heterocycles. The lowest BCUT2D eigenvalue weighted by Gasteiger charge is -2.11. The Hall–Kier alpha value is -0.248. The normalized spacial score (nSPS) is 12.6.